The standard InChI is InChI=1S/C14H20ClNO2S/c1-14(2,3)18-13(17)9-19-12(8-16)10-6-4-5-7-11(10)15/h4-7,12H,8-9,16H2,1-3H3. The lowest BCUT2D eigenvalue weighted by Gasteiger charge is -2.21. The highest BCUT2D eigenvalue weighted by Crippen LogP contribution is 2.32. The summed E-state index contributed by atoms with van der Waals surface area (Å²) >= 11 is 7.59. The van der Waals surface area contributed by atoms with E-state index in [0.29, 0.717) is 11.6 Å². The van der Waals surface area contributed by atoms with Crippen LogP contribution in [0, 0.1) is 0 Å². The van der Waals surface area contributed by atoms with Gasteiger partial charge in [-0.1, -0.05) is 29.8 Å². The Bertz CT molecular complexity index is 432. The molecule has 0 aliphatic rings. The van der Waals surface area contributed by atoms with Crippen LogP contribution in [0.1, 0.15) is 31.6 Å². The number of hydrogen-bond donors (Lipinski definition) is 1. The molecular weight excluding hydrogens is 282 g/mol. The maximum Gasteiger partial charge on any atom is 0.316 e. The fourth-order valence-corrected chi connectivity index (χ4v) is 2.81. The van der Waals surface area contributed by atoms with Crippen LogP contribution in [-0.2, 0) is 9.53 Å². The summed E-state index contributed by atoms with van der Waals surface area (Å²) in [5.74, 6) is 0.0349. The molecule has 1 aromatic rings. The van der Waals surface area contributed by atoms with E-state index in [1.165, 1.54) is 11.8 Å². The third-order valence-electron chi connectivity index (χ3n) is 2.29. The molecule has 19 heavy (non-hydrogen) atoms. The molecule has 1 unspecified atom stereocenters. The third kappa shape index (κ3) is 5.85. The minimum atomic E-state index is -0.458. The molecule has 5 heteroatoms. The largest absolute Gasteiger partial charge is 0.459 e. The molecule has 3 nitrogen and oxygen atoms in total. The van der Waals surface area contributed by atoms with Gasteiger partial charge < -0.3 is 10.5 Å². The number of carbonyl (C=O) groups is 1. The highest BCUT2D eigenvalue weighted by Gasteiger charge is 2.19. The van der Waals surface area contributed by atoms with Crippen molar-refractivity contribution in [1.29, 1.82) is 0 Å². The molecule has 0 saturated heterocycles. The number of halogens is 1. The summed E-state index contributed by atoms with van der Waals surface area (Å²) in [6.45, 7) is 5.98. The molecule has 1 aromatic carbocycles. The Morgan fingerprint density at radius 3 is 2.58 bits per heavy atom. The maximum atomic E-state index is 11.7. The van der Waals surface area contributed by atoms with Crippen molar-refractivity contribution >= 4 is 29.3 Å². The van der Waals surface area contributed by atoms with E-state index in [9.17, 15) is 4.79 Å². The Labute approximate surface area is 123 Å². The zero-order valence-electron chi connectivity index (χ0n) is 11.5. The summed E-state index contributed by atoms with van der Waals surface area (Å²) < 4.78 is 5.27. The van der Waals surface area contributed by atoms with Gasteiger partial charge in [-0.25, -0.2) is 0 Å². The average Bonchev–Trinajstić information content (AvgIpc) is 2.29. The van der Waals surface area contributed by atoms with Crippen molar-refractivity contribution in [3.63, 3.8) is 0 Å². The van der Waals surface area contributed by atoms with Crippen molar-refractivity contribution in [2.75, 3.05) is 12.3 Å². The van der Waals surface area contributed by atoms with E-state index in [0.717, 1.165) is 5.56 Å². The number of esters is 1. The maximum absolute atomic E-state index is 11.7. The van der Waals surface area contributed by atoms with E-state index in [4.69, 9.17) is 22.1 Å². The van der Waals surface area contributed by atoms with Gasteiger partial charge in [-0.3, -0.25) is 4.79 Å². The number of carbonyl (C=O) groups excluding carboxylic acids is 1. The van der Waals surface area contributed by atoms with Crippen LogP contribution in [0.4, 0.5) is 0 Å². The van der Waals surface area contributed by atoms with Gasteiger partial charge >= 0.3 is 5.97 Å². The summed E-state index contributed by atoms with van der Waals surface area (Å²) in [5, 5.41) is 0.677. The molecule has 0 heterocycles. The number of benzene rings is 1. The average molecular weight is 302 g/mol. The van der Waals surface area contributed by atoms with Crippen molar-refractivity contribution in [3.8, 4) is 0 Å². The van der Waals surface area contributed by atoms with Crippen molar-refractivity contribution in [3.05, 3.63) is 34.9 Å². The predicted molar refractivity (Wildman–Crippen MR) is 81.6 cm³/mol. The fourth-order valence-electron chi connectivity index (χ4n) is 1.56. The van der Waals surface area contributed by atoms with Crippen LogP contribution in [0.3, 0.4) is 0 Å². The first-order valence-corrected chi connectivity index (χ1v) is 7.54. The van der Waals surface area contributed by atoms with Gasteiger partial charge in [0.15, 0.2) is 0 Å². The minimum absolute atomic E-state index is 0.00113. The molecule has 0 amide bonds. The molecule has 106 valence electrons. The second-order valence-corrected chi connectivity index (χ2v) is 6.74. The summed E-state index contributed by atoms with van der Waals surface area (Å²) in [7, 11) is 0. The topological polar surface area (TPSA) is 52.3 Å². The van der Waals surface area contributed by atoms with Gasteiger partial charge in [-0.2, -0.15) is 0 Å². The van der Waals surface area contributed by atoms with Crippen LogP contribution in [0.25, 0.3) is 0 Å². The Balaban J connectivity index is 2.59. The molecule has 0 spiro atoms. The first kappa shape index (κ1) is 16.3. The number of hydrogen-bond acceptors (Lipinski definition) is 4. The Kier molecular flexibility index (Phi) is 6.17. The molecule has 0 fully saturated rings. The van der Waals surface area contributed by atoms with E-state index in [1.807, 2.05) is 45.0 Å². The minimum Gasteiger partial charge on any atom is -0.459 e. The van der Waals surface area contributed by atoms with Gasteiger partial charge in [0, 0.05) is 16.8 Å². The molecule has 0 bridgehead atoms. The number of ether oxygens (including phenoxy) is 1. The Morgan fingerprint density at radius 1 is 1.42 bits per heavy atom. The Hall–Kier alpha value is -0.710. The molecular formula is C14H20ClNO2S. The van der Waals surface area contributed by atoms with Gasteiger partial charge in [0.1, 0.15) is 5.60 Å². The van der Waals surface area contributed by atoms with Crippen LogP contribution in [0.15, 0.2) is 24.3 Å². The molecule has 0 aliphatic heterocycles. The molecule has 1 rings (SSSR count). The van der Waals surface area contributed by atoms with Gasteiger partial charge in [-0.05, 0) is 32.4 Å². The molecule has 0 aromatic heterocycles. The highest BCUT2D eigenvalue weighted by atomic mass is 35.5. The van der Waals surface area contributed by atoms with Crippen LogP contribution in [0.5, 0.6) is 0 Å². The van der Waals surface area contributed by atoms with Crippen LogP contribution in [-0.4, -0.2) is 23.9 Å². The molecule has 0 aliphatic carbocycles. The van der Waals surface area contributed by atoms with Gasteiger partial charge in [0.2, 0.25) is 0 Å². The zero-order chi connectivity index (χ0) is 14.5. The van der Waals surface area contributed by atoms with Crippen molar-refractivity contribution in [1.82, 2.24) is 0 Å². The molecule has 0 saturated carbocycles. The second-order valence-electron chi connectivity index (χ2n) is 5.14. The lowest BCUT2D eigenvalue weighted by atomic mass is 10.1. The van der Waals surface area contributed by atoms with E-state index in [-0.39, 0.29) is 17.0 Å². The number of rotatable bonds is 5. The second kappa shape index (κ2) is 7.17. The Morgan fingerprint density at radius 2 is 2.05 bits per heavy atom. The van der Waals surface area contributed by atoms with Gasteiger partial charge in [-0.15, -0.1) is 11.8 Å². The summed E-state index contributed by atoms with van der Waals surface area (Å²) in [4.78, 5) is 11.7. The smallest absolute Gasteiger partial charge is 0.316 e. The summed E-state index contributed by atoms with van der Waals surface area (Å²) in [6, 6.07) is 7.55. The van der Waals surface area contributed by atoms with Crippen LogP contribution >= 0.6 is 23.4 Å². The first-order valence-electron chi connectivity index (χ1n) is 6.11. The van der Waals surface area contributed by atoms with Crippen molar-refractivity contribution in [2.45, 2.75) is 31.6 Å². The van der Waals surface area contributed by atoms with Gasteiger partial charge in [0.05, 0.1) is 5.75 Å². The summed E-state index contributed by atoms with van der Waals surface area (Å²) in [6.07, 6.45) is 0. The van der Waals surface area contributed by atoms with Crippen molar-refractivity contribution in [2.24, 2.45) is 5.73 Å². The lowest BCUT2D eigenvalue weighted by Crippen LogP contribution is -2.25. The number of nitrogens with two attached hydrogens (primary N) is 1. The monoisotopic (exact) mass is 301 g/mol. The summed E-state index contributed by atoms with van der Waals surface area (Å²) in [5.41, 5.74) is 6.26. The van der Waals surface area contributed by atoms with E-state index in [1.54, 1.807) is 0 Å². The highest BCUT2D eigenvalue weighted by molar-refractivity contribution is 8.00. The number of thioether (sulfide) groups is 1. The third-order valence-corrected chi connectivity index (χ3v) is 3.88. The molecule has 2 N–H and O–H groups in total. The van der Waals surface area contributed by atoms with Crippen LogP contribution in [0.2, 0.25) is 5.02 Å². The molecule has 1 atom stereocenters. The van der Waals surface area contributed by atoms with Crippen LogP contribution < -0.4 is 5.73 Å². The zero-order valence-corrected chi connectivity index (χ0v) is 13.1. The van der Waals surface area contributed by atoms with E-state index in [2.05, 4.69) is 0 Å². The van der Waals surface area contributed by atoms with E-state index < -0.39 is 5.60 Å². The normalized spacial score (nSPS) is 13.1. The van der Waals surface area contributed by atoms with E-state index >= 15 is 0 Å². The lowest BCUT2D eigenvalue weighted by molar-refractivity contribution is -0.151. The van der Waals surface area contributed by atoms with Gasteiger partial charge in [0.25, 0.3) is 0 Å². The van der Waals surface area contributed by atoms with Crippen molar-refractivity contribution < 1.29 is 9.53 Å². The quantitative estimate of drug-likeness (QED) is 0.847. The predicted octanol–water partition coefficient (Wildman–Crippen LogP) is 3.41. The molecule has 0 radical (unpaired) electrons. The fraction of sp³-hybridized carbons (Fsp3) is 0.500. The first-order chi connectivity index (χ1) is 8.83. The SMILES string of the molecule is CC(C)(C)OC(=O)CSC(CN)c1ccccc1Cl.